The lowest BCUT2D eigenvalue weighted by molar-refractivity contribution is -0.117. The molecule has 9 heteroatoms. The number of nitrogen functional groups attached to an aromatic ring is 1. The molecule has 1 aromatic carbocycles. The average molecular weight is 466 g/mol. The molecule has 0 aliphatic heterocycles. The van der Waals surface area contributed by atoms with Gasteiger partial charge in [0.15, 0.2) is 0 Å². The summed E-state index contributed by atoms with van der Waals surface area (Å²) in [5.74, 6) is 0.895. The quantitative estimate of drug-likeness (QED) is 0.299. The Morgan fingerprint density at radius 3 is 2.32 bits per heavy atom. The Kier molecular flexibility index (Phi) is 9.33. The van der Waals surface area contributed by atoms with Crippen LogP contribution in [-0.2, 0) is 20.7 Å². The van der Waals surface area contributed by atoms with E-state index in [0.717, 1.165) is 34.2 Å². The Morgan fingerprint density at radius 2 is 1.68 bits per heavy atom. The first-order chi connectivity index (χ1) is 16.5. The van der Waals surface area contributed by atoms with Gasteiger partial charge >= 0.3 is 0 Å². The molecule has 2 heterocycles. The summed E-state index contributed by atoms with van der Waals surface area (Å²) >= 11 is 0. The number of phenolic OH excluding ortho intramolecular Hbond substituents is 1. The van der Waals surface area contributed by atoms with Crippen molar-refractivity contribution in [1.82, 2.24) is 9.97 Å². The summed E-state index contributed by atoms with van der Waals surface area (Å²) in [6, 6.07) is 10.5. The van der Waals surface area contributed by atoms with Crippen molar-refractivity contribution < 1.29 is 19.4 Å². The van der Waals surface area contributed by atoms with Gasteiger partial charge in [0, 0.05) is 35.6 Å². The fourth-order valence-electron chi connectivity index (χ4n) is 3.53. The largest absolute Gasteiger partial charge is 0.508 e. The highest BCUT2D eigenvalue weighted by Crippen LogP contribution is 2.36. The van der Waals surface area contributed by atoms with E-state index < -0.39 is 0 Å². The lowest BCUT2D eigenvalue weighted by atomic mass is 9.92. The highest BCUT2D eigenvalue weighted by atomic mass is 16.5. The summed E-state index contributed by atoms with van der Waals surface area (Å²) in [6.45, 7) is 4.19. The minimum atomic E-state index is -0.179. The summed E-state index contributed by atoms with van der Waals surface area (Å²) in [6.07, 6.45) is 4.39. The van der Waals surface area contributed by atoms with Crippen LogP contribution in [0.1, 0.15) is 18.9 Å². The average Bonchev–Trinajstić information content (AvgIpc) is 2.84. The number of rotatable bonds is 12. The molecule has 34 heavy (non-hydrogen) atoms. The second kappa shape index (κ2) is 12.6. The second-order valence-electron chi connectivity index (χ2n) is 7.55. The molecule has 3 aromatic rings. The molecular weight excluding hydrogens is 434 g/mol. The smallest absolute Gasteiger partial charge is 0.227 e. The van der Waals surface area contributed by atoms with Gasteiger partial charge in [-0.05, 0) is 41.8 Å². The number of hydrogen-bond acceptors (Lipinski definition) is 8. The summed E-state index contributed by atoms with van der Waals surface area (Å²) in [5.41, 5.74) is 16.1. The zero-order valence-electron chi connectivity index (χ0n) is 19.3. The fraction of sp³-hybridized carbons (Fsp3) is 0.320. The van der Waals surface area contributed by atoms with Crippen LogP contribution in [0.5, 0.6) is 5.75 Å². The number of phenols is 1. The van der Waals surface area contributed by atoms with Crippen molar-refractivity contribution in [3.05, 3.63) is 54.4 Å². The van der Waals surface area contributed by atoms with Gasteiger partial charge in [-0.1, -0.05) is 19.1 Å². The number of hydrogen-bond donors (Lipinski definition) is 4. The zero-order valence-corrected chi connectivity index (χ0v) is 19.3. The molecular formula is C25H31N5O4. The first-order valence-corrected chi connectivity index (χ1v) is 11.2. The minimum Gasteiger partial charge on any atom is -0.508 e. The third kappa shape index (κ3) is 6.74. The van der Waals surface area contributed by atoms with E-state index in [0.29, 0.717) is 44.6 Å². The molecule has 0 bridgehead atoms. The second-order valence-corrected chi connectivity index (χ2v) is 7.55. The van der Waals surface area contributed by atoms with Gasteiger partial charge in [-0.2, -0.15) is 0 Å². The number of benzene rings is 1. The third-order valence-corrected chi connectivity index (χ3v) is 5.17. The molecule has 0 fully saturated rings. The number of carbonyl (C=O) groups is 1. The van der Waals surface area contributed by atoms with E-state index >= 15 is 0 Å². The number of nitrogens with one attached hydrogen (secondary N) is 1. The monoisotopic (exact) mass is 465 g/mol. The molecule has 0 radical (unpaired) electrons. The van der Waals surface area contributed by atoms with Crippen LogP contribution >= 0.6 is 0 Å². The molecule has 6 N–H and O–H groups in total. The van der Waals surface area contributed by atoms with Crippen LogP contribution in [0.3, 0.4) is 0 Å². The van der Waals surface area contributed by atoms with E-state index in [1.54, 1.807) is 30.6 Å². The fourth-order valence-corrected chi connectivity index (χ4v) is 3.53. The maximum atomic E-state index is 12.1. The number of nitrogens with zero attached hydrogens (tertiary/aromatic N) is 2. The predicted octanol–water partition coefficient (Wildman–Crippen LogP) is 2.98. The maximum Gasteiger partial charge on any atom is 0.227 e. The van der Waals surface area contributed by atoms with Crippen LogP contribution in [0.15, 0.2) is 48.8 Å². The van der Waals surface area contributed by atoms with Gasteiger partial charge in [-0.3, -0.25) is 4.79 Å². The maximum absolute atomic E-state index is 12.1. The van der Waals surface area contributed by atoms with E-state index in [1.165, 1.54) is 0 Å². The molecule has 180 valence electrons. The van der Waals surface area contributed by atoms with Gasteiger partial charge in [0.2, 0.25) is 5.91 Å². The molecule has 2 aromatic heterocycles. The molecule has 9 nitrogen and oxygen atoms in total. The van der Waals surface area contributed by atoms with Crippen molar-refractivity contribution in [3.63, 3.8) is 0 Å². The lowest BCUT2D eigenvalue weighted by Gasteiger charge is -2.16. The van der Waals surface area contributed by atoms with Gasteiger partial charge in [-0.25, -0.2) is 9.97 Å². The molecule has 0 saturated carbocycles. The van der Waals surface area contributed by atoms with Crippen molar-refractivity contribution in [2.24, 2.45) is 5.73 Å². The molecule has 0 unspecified atom stereocenters. The van der Waals surface area contributed by atoms with Gasteiger partial charge in [0.05, 0.1) is 32.8 Å². The third-order valence-electron chi connectivity index (χ3n) is 5.17. The summed E-state index contributed by atoms with van der Waals surface area (Å²) < 4.78 is 10.6. The number of carbonyl (C=O) groups excluding carboxylic acids is 1. The van der Waals surface area contributed by atoms with E-state index in [4.69, 9.17) is 20.9 Å². The zero-order chi connectivity index (χ0) is 24.3. The van der Waals surface area contributed by atoms with Crippen LogP contribution in [-0.4, -0.2) is 54.0 Å². The molecule has 0 atom stereocenters. The number of anilines is 2. The lowest BCUT2D eigenvalue weighted by Crippen LogP contribution is -2.16. The summed E-state index contributed by atoms with van der Waals surface area (Å²) in [4.78, 5) is 20.9. The minimum absolute atomic E-state index is 0.179. The van der Waals surface area contributed by atoms with Crippen LogP contribution in [0.4, 0.5) is 11.6 Å². The first-order valence-electron chi connectivity index (χ1n) is 11.2. The number of aromatic nitrogens is 2. The SMILES string of the molecule is CCc1c(-c2ccc(NC(=O)CCOCCOCCN)nc2)cnc(N)c1-c1ccc(O)cc1. The molecule has 0 aliphatic rings. The molecule has 0 aliphatic carbocycles. The van der Waals surface area contributed by atoms with E-state index in [9.17, 15) is 9.90 Å². The van der Waals surface area contributed by atoms with Gasteiger partial charge in [0.1, 0.15) is 17.4 Å². The molecule has 3 rings (SSSR count). The number of amides is 1. The van der Waals surface area contributed by atoms with Crippen molar-refractivity contribution >= 4 is 17.5 Å². The number of ether oxygens (including phenoxy) is 2. The highest BCUT2D eigenvalue weighted by Gasteiger charge is 2.16. The molecule has 1 amide bonds. The van der Waals surface area contributed by atoms with Crippen molar-refractivity contribution in [2.75, 3.05) is 44.0 Å². The highest BCUT2D eigenvalue weighted by molar-refractivity contribution is 5.90. The normalized spacial score (nSPS) is 10.9. The summed E-state index contributed by atoms with van der Waals surface area (Å²) in [7, 11) is 0. The Hall–Kier alpha value is -3.53. The van der Waals surface area contributed by atoms with Gasteiger partial charge in [0.25, 0.3) is 0 Å². The van der Waals surface area contributed by atoms with E-state index in [-0.39, 0.29) is 18.1 Å². The van der Waals surface area contributed by atoms with Crippen LogP contribution in [0, 0.1) is 0 Å². The van der Waals surface area contributed by atoms with Crippen molar-refractivity contribution in [2.45, 2.75) is 19.8 Å². The topological polar surface area (TPSA) is 146 Å². The number of pyridine rings is 2. The number of nitrogens with two attached hydrogens (primary N) is 2. The Morgan fingerprint density at radius 1 is 0.971 bits per heavy atom. The van der Waals surface area contributed by atoms with E-state index in [1.807, 2.05) is 18.2 Å². The molecule has 0 saturated heterocycles. The molecule has 0 spiro atoms. The summed E-state index contributed by atoms with van der Waals surface area (Å²) in [5, 5.41) is 12.4. The van der Waals surface area contributed by atoms with Crippen LogP contribution < -0.4 is 16.8 Å². The van der Waals surface area contributed by atoms with Gasteiger partial charge < -0.3 is 31.4 Å². The standard InChI is InChI=1S/C25H31N5O4/c1-2-20-21(16-29-25(27)24(20)17-3-6-19(31)7-4-17)18-5-8-22(28-15-18)30-23(32)9-11-33-13-14-34-12-10-26/h3-8,15-16,31H,2,9-14,26H2,1H3,(H2,27,29)(H,28,30,32). The van der Waals surface area contributed by atoms with Crippen LogP contribution in [0.25, 0.3) is 22.3 Å². The Balaban J connectivity index is 1.66. The van der Waals surface area contributed by atoms with Crippen LogP contribution in [0.2, 0.25) is 0 Å². The number of aromatic hydroxyl groups is 1. The predicted molar refractivity (Wildman–Crippen MR) is 132 cm³/mol. The van der Waals surface area contributed by atoms with E-state index in [2.05, 4.69) is 22.2 Å². The Bertz CT molecular complexity index is 1070. The Labute approximate surface area is 199 Å². The van der Waals surface area contributed by atoms with Crippen molar-refractivity contribution in [3.8, 4) is 28.0 Å². The van der Waals surface area contributed by atoms with Gasteiger partial charge in [-0.15, -0.1) is 0 Å². The van der Waals surface area contributed by atoms with Crippen molar-refractivity contribution in [1.29, 1.82) is 0 Å². The first kappa shape index (κ1) is 25.1.